The molecule has 1 aromatic carbocycles. The van der Waals surface area contributed by atoms with E-state index >= 15 is 0 Å². The van der Waals surface area contributed by atoms with Crippen LogP contribution in [0, 0.1) is 0 Å². The average Bonchev–Trinajstić information content (AvgIpc) is 3.02. The first-order valence-electron chi connectivity index (χ1n) is 6.40. The summed E-state index contributed by atoms with van der Waals surface area (Å²) < 4.78 is 2.86. The van der Waals surface area contributed by atoms with Crippen LogP contribution in [0.2, 0.25) is 4.34 Å². The molecule has 0 aliphatic heterocycles. The van der Waals surface area contributed by atoms with Crippen LogP contribution in [-0.4, -0.2) is 5.91 Å². The zero-order chi connectivity index (χ0) is 14.8. The fraction of sp³-hybridized carbons (Fsp3) is 0.133. The van der Waals surface area contributed by atoms with Crippen LogP contribution < -0.4 is 11.1 Å². The maximum atomic E-state index is 12.2. The molecular formula is C15H13ClN2OS2. The lowest BCUT2D eigenvalue weighted by Crippen LogP contribution is -2.21. The van der Waals surface area contributed by atoms with Crippen LogP contribution in [0.1, 0.15) is 20.8 Å². The highest BCUT2D eigenvalue weighted by Crippen LogP contribution is 2.35. The van der Waals surface area contributed by atoms with Crippen molar-refractivity contribution in [1.29, 1.82) is 0 Å². The minimum absolute atomic E-state index is 0.0577. The van der Waals surface area contributed by atoms with E-state index in [0.29, 0.717) is 18.0 Å². The summed E-state index contributed by atoms with van der Waals surface area (Å²) in [5, 5.41) is 2.93. The lowest BCUT2D eigenvalue weighted by molar-refractivity contribution is 0.0955. The third kappa shape index (κ3) is 3.27. The summed E-state index contributed by atoms with van der Waals surface area (Å²) in [6, 6.07) is 11.7. The highest BCUT2D eigenvalue weighted by Gasteiger charge is 2.12. The Morgan fingerprint density at radius 2 is 1.90 bits per heavy atom. The molecule has 0 unspecified atom stereocenters. The first kappa shape index (κ1) is 14.5. The van der Waals surface area contributed by atoms with Gasteiger partial charge in [-0.2, -0.15) is 0 Å². The van der Waals surface area contributed by atoms with Crippen molar-refractivity contribution in [3.8, 4) is 0 Å². The molecule has 0 bridgehead atoms. The molecule has 1 amide bonds. The van der Waals surface area contributed by atoms with E-state index in [9.17, 15) is 4.79 Å². The number of nitrogens with two attached hydrogens (primary N) is 1. The van der Waals surface area contributed by atoms with Gasteiger partial charge in [-0.3, -0.25) is 4.79 Å². The van der Waals surface area contributed by atoms with Gasteiger partial charge in [-0.25, -0.2) is 0 Å². The fourth-order valence-electron chi connectivity index (χ4n) is 2.05. The van der Waals surface area contributed by atoms with Crippen molar-refractivity contribution >= 4 is 49.6 Å². The Balaban J connectivity index is 1.69. The number of carbonyl (C=O) groups excluding carboxylic acids is 1. The summed E-state index contributed by atoms with van der Waals surface area (Å²) in [7, 11) is 0. The van der Waals surface area contributed by atoms with E-state index in [-0.39, 0.29) is 5.91 Å². The number of hydrogen-bond donors (Lipinski definition) is 2. The van der Waals surface area contributed by atoms with Crippen LogP contribution in [-0.2, 0) is 13.1 Å². The number of fused-ring (bicyclic) bond motifs is 1. The number of rotatable bonds is 4. The number of thiophene rings is 2. The molecule has 0 saturated heterocycles. The molecule has 0 saturated carbocycles. The van der Waals surface area contributed by atoms with Crippen LogP contribution in [0.25, 0.3) is 9.40 Å². The third-order valence-corrected chi connectivity index (χ3v) is 5.50. The summed E-state index contributed by atoms with van der Waals surface area (Å²) in [4.78, 5) is 12.9. The standard InChI is InChI=1S/C15H13ClN2OS2/c16-14-6-12-11(21-14)5-13(20-12)15(19)18-8-10-3-1-2-9(4-10)7-17/h1-6H,7-8,17H2,(H,18,19). The average molecular weight is 337 g/mol. The van der Waals surface area contributed by atoms with Crippen molar-refractivity contribution in [3.63, 3.8) is 0 Å². The van der Waals surface area contributed by atoms with Crippen LogP contribution in [0.4, 0.5) is 0 Å². The second-order valence-corrected chi connectivity index (χ2v) is 7.40. The minimum atomic E-state index is -0.0577. The Morgan fingerprint density at radius 3 is 2.67 bits per heavy atom. The molecule has 0 aliphatic carbocycles. The Bertz CT molecular complexity index is 762. The predicted molar refractivity (Wildman–Crippen MR) is 90.2 cm³/mol. The Kier molecular flexibility index (Phi) is 4.26. The quantitative estimate of drug-likeness (QED) is 0.756. The highest BCUT2D eigenvalue weighted by molar-refractivity contribution is 7.30. The molecule has 108 valence electrons. The smallest absolute Gasteiger partial charge is 0.261 e. The number of halogens is 1. The van der Waals surface area contributed by atoms with E-state index < -0.39 is 0 Å². The second-order valence-electron chi connectivity index (χ2n) is 4.60. The van der Waals surface area contributed by atoms with Gasteiger partial charge in [-0.1, -0.05) is 35.9 Å². The molecule has 0 radical (unpaired) electrons. The zero-order valence-corrected chi connectivity index (χ0v) is 13.4. The minimum Gasteiger partial charge on any atom is -0.347 e. The topological polar surface area (TPSA) is 55.1 Å². The van der Waals surface area contributed by atoms with Crippen molar-refractivity contribution in [3.05, 3.63) is 56.7 Å². The fourth-order valence-corrected chi connectivity index (χ4v) is 4.51. The lowest BCUT2D eigenvalue weighted by Gasteiger charge is -2.05. The van der Waals surface area contributed by atoms with Crippen molar-refractivity contribution in [1.82, 2.24) is 5.32 Å². The molecule has 0 fully saturated rings. The van der Waals surface area contributed by atoms with Crippen molar-refractivity contribution in [2.45, 2.75) is 13.1 Å². The SMILES string of the molecule is NCc1cccc(CNC(=O)c2cc3sc(Cl)cc3s2)c1. The summed E-state index contributed by atoms with van der Waals surface area (Å²) in [5.74, 6) is -0.0577. The second kappa shape index (κ2) is 6.15. The molecular weight excluding hydrogens is 324 g/mol. The summed E-state index contributed by atoms with van der Waals surface area (Å²) >= 11 is 8.90. The van der Waals surface area contributed by atoms with Crippen molar-refractivity contribution < 1.29 is 4.79 Å². The van der Waals surface area contributed by atoms with E-state index in [1.807, 2.05) is 36.4 Å². The van der Waals surface area contributed by atoms with Gasteiger partial charge in [0, 0.05) is 22.5 Å². The van der Waals surface area contributed by atoms with Crippen LogP contribution >= 0.6 is 34.3 Å². The van der Waals surface area contributed by atoms with Gasteiger partial charge >= 0.3 is 0 Å². The van der Waals surface area contributed by atoms with Gasteiger partial charge < -0.3 is 11.1 Å². The van der Waals surface area contributed by atoms with E-state index in [1.54, 1.807) is 0 Å². The molecule has 0 aliphatic rings. The van der Waals surface area contributed by atoms with Gasteiger partial charge in [0.05, 0.1) is 9.21 Å². The number of benzene rings is 1. The largest absolute Gasteiger partial charge is 0.347 e. The molecule has 6 heteroatoms. The van der Waals surface area contributed by atoms with Crippen molar-refractivity contribution in [2.75, 3.05) is 0 Å². The lowest BCUT2D eigenvalue weighted by atomic mass is 10.1. The van der Waals surface area contributed by atoms with Gasteiger partial charge in [-0.05, 0) is 23.3 Å². The number of nitrogens with one attached hydrogen (secondary N) is 1. The normalized spacial score (nSPS) is 11.0. The van der Waals surface area contributed by atoms with Crippen LogP contribution in [0.3, 0.4) is 0 Å². The van der Waals surface area contributed by atoms with Crippen molar-refractivity contribution in [2.24, 2.45) is 5.73 Å². The van der Waals surface area contributed by atoms with Gasteiger partial charge in [0.25, 0.3) is 5.91 Å². The molecule has 0 atom stereocenters. The molecule has 3 aromatic rings. The predicted octanol–water partition coefficient (Wildman–Crippen LogP) is 4.00. The highest BCUT2D eigenvalue weighted by atomic mass is 35.5. The molecule has 21 heavy (non-hydrogen) atoms. The molecule has 2 aromatic heterocycles. The number of carbonyl (C=O) groups is 1. The summed E-state index contributed by atoms with van der Waals surface area (Å²) in [5.41, 5.74) is 7.73. The Labute approximate surface area is 135 Å². The molecule has 3 nitrogen and oxygen atoms in total. The van der Waals surface area contributed by atoms with E-state index in [2.05, 4.69) is 5.32 Å². The van der Waals surface area contributed by atoms with E-state index in [4.69, 9.17) is 17.3 Å². The Morgan fingerprint density at radius 1 is 1.14 bits per heavy atom. The van der Waals surface area contributed by atoms with Gasteiger partial charge in [0.1, 0.15) is 0 Å². The van der Waals surface area contributed by atoms with Crippen LogP contribution in [0.15, 0.2) is 36.4 Å². The Hall–Kier alpha value is -1.40. The molecule has 0 spiro atoms. The zero-order valence-electron chi connectivity index (χ0n) is 11.1. The molecule has 2 heterocycles. The third-order valence-electron chi connectivity index (χ3n) is 3.08. The molecule has 3 rings (SSSR count). The summed E-state index contributed by atoms with van der Waals surface area (Å²) in [6.45, 7) is 1.00. The van der Waals surface area contributed by atoms with E-state index in [1.165, 1.54) is 22.7 Å². The first-order chi connectivity index (χ1) is 10.2. The number of hydrogen-bond acceptors (Lipinski definition) is 4. The monoisotopic (exact) mass is 336 g/mol. The van der Waals surface area contributed by atoms with Gasteiger partial charge in [-0.15, -0.1) is 22.7 Å². The van der Waals surface area contributed by atoms with Gasteiger partial charge in [0.15, 0.2) is 0 Å². The maximum Gasteiger partial charge on any atom is 0.261 e. The first-order valence-corrected chi connectivity index (χ1v) is 8.42. The summed E-state index contributed by atoms with van der Waals surface area (Å²) in [6.07, 6.45) is 0. The number of amides is 1. The molecule has 3 N–H and O–H groups in total. The maximum absolute atomic E-state index is 12.2. The van der Waals surface area contributed by atoms with Gasteiger partial charge in [0.2, 0.25) is 0 Å². The van der Waals surface area contributed by atoms with Crippen LogP contribution in [0.5, 0.6) is 0 Å². The van der Waals surface area contributed by atoms with E-state index in [0.717, 1.165) is 24.9 Å².